The number of nitrogens with two attached hydrogens (primary N) is 1. The summed E-state index contributed by atoms with van der Waals surface area (Å²) in [4.78, 5) is 0. The zero-order valence-corrected chi connectivity index (χ0v) is 9.86. The third kappa shape index (κ3) is 3.73. The topological polar surface area (TPSA) is 55.5 Å². The summed E-state index contributed by atoms with van der Waals surface area (Å²) < 4.78 is 31.7. The zero-order chi connectivity index (χ0) is 13.0. The largest absolute Gasteiger partial charge is 0.391 e. The maximum atomic E-state index is 13.5. The van der Waals surface area contributed by atoms with Gasteiger partial charge in [0.15, 0.2) is 0 Å². The van der Waals surface area contributed by atoms with Gasteiger partial charge in [-0.15, -0.1) is 0 Å². The molecule has 96 valence electrons. The fourth-order valence-corrected chi connectivity index (χ4v) is 1.39. The average Bonchev–Trinajstić information content (AvgIpc) is 2.26. The summed E-state index contributed by atoms with van der Waals surface area (Å²) in [6.45, 7) is 3.29. The Labute approximate surface area is 99.2 Å². The molecular formula is C12H17F2NO2. The number of aliphatic hydroxyl groups excluding tert-OH is 1. The second kappa shape index (κ2) is 6.05. The Balaban J connectivity index is 2.86. The quantitative estimate of drug-likeness (QED) is 0.831. The van der Waals surface area contributed by atoms with E-state index in [4.69, 9.17) is 10.5 Å². The van der Waals surface area contributed by atoms with Crippen LogP contribution in [0.25, 0.3) is 0 Å². The molecule has 0 spiro atoms. The van der Waals surface area contributed by atoms with E-state index in [1.165, 1.54) is 6.07 Å². The Kier molecular flexibility index (Phi) is 4.99. The van der Waals surface area contributed by atoms with Crippen LogP contribution in [-0.4, -0.2) is 23.9 Å². The highest BCUT2D eigenvalue weighted by molar-refractivity contribution is 5.21. The lowest BCUT2D eigenvalue weighted by Gasteiger charge is -2.23. The van der Waals surface area contributed by atoms with Crippen LogP contribution < -0.4 is 5.73 Å². The molecule has 3 atom stereocenters. The maximum absolute atomic E-state index is 13.5. The number of rotatable bonds is 5. The van der Waals surface area contributed by atoms with Gasteiger partial charge in [-0.25, -0.2) is 8.78 Å². The van der Waals surface area contributed by atoms with Gasteiger partial charge in [-0.3, -0.25) is 0 Å². The molecule has 0 aliphatic heterocycles. The summed E-state index contributed by atoms with van der Waals surface area (Å²) in [5, 5.41) is 9.31. The highest BCUT2D eigenvalue weighted by Gasteiger charge is 2.20. The van der Waals surface area contributed by atoms with Gasteiger partial charge in [-0.2, -0.15) is 0 Å². The molecule has 0 amide bonds. The molecule has 0 saturated carbocycles. The molecule has 0 aliphatic rings. The van der Waals surface area contributed by atoms with Crippen molar-refractivity contribution < 1.29 is 18.6 Å². The normalized spacial score (nSPS) is 16.6. The molecule has 3 N–H and O–H groups in total. The molecule has 0 fully saturated rings. The van der Waals surface area contributed by atoms with Crippen molar-refractivity contribution >= 4 is 0 Å². The van der Waals surface area contributed by atoms with Crippen molar-refractivity contribution in [2.75, 3.05) is 6.54 Å². The molecule has 0 bridgehead atoms. The van der Waals surface area contributed by atoms with Crippen molar-refractivity contribution in [1.29, 1.82) is 0 Å². The van der Waals surface area contributed by atoms with E-state index in [0.29, 0.717) is 0 Å². The van der Waals surface area contributed by atoms with Crippen LogP contribution >= 0.6 is 0 Å². The highest BCUT2D eigenvalue weighted by atomic mass is 19.1. The Bertz CT molecular complexity index is 372. The fraction of sp³-hybridized carbons (Fsp3) is 0.500. The molecule has 0 heterocycles. The molecule has 17 heavy (non-hydrogen) atoms. The van der Waals surface area contributed by atoms with Crippen molar-refractivity contribution in [3.63, 3.8) is 0 Å². The number of benzene rings is 1. The molecule has 1 aromatic rings. The highest BCUT2D eigenvalue weighted by Crippen LogP contribution is 2.22. The van der Waals surface area contributed by atoms with Crippen molar-refractivity contribution in [2.45, 2.75) is 32.2 Å². The summed E-state index contributed by atoms with van der Waals surface area (Å²) in [5.41, 5.74) is 5.69. The Morgan fingerprint density at radius 1 is 1.35 bits per heavy atom. The van der Waals surface area contributed by atoms with E-state index < -0.39 is 29.9 Å². The summed E-state index contributed by atoms with van der Waals surface area (Å²) in [5.74, 6) is -1.34. The van der Waals surface area contributed by atoms with Gasteiger partial charge >= 0.3 is 0 Å². The molecule has 0 aromatic heterocycles. The van der Waals surface area contributed by atoms with Crippen LogP contribution in [0.1, 0.15) is 25.5 Å². The van der Waals surface area contributed by atoms with Crippen LogP contribution in [0.2, 0.25) is 0 Å². The maximum Gasteiger partial charge on any atom is 0.131 e. The molecule has 1 aromatic carbocycles. The fourth-order valence-electron chi connectivity index (χ4n) is 1.39. The van der Waals surface area contributed by atoms with Crippen molar-refractivity contribution in [1.82, 2.24) is 0 Å². The Morgan fingerprint density at radius 3 is 2.47 bits per heavy atom. The summed E-state index contributed by atoms with van der Waals surface area (Å²) in [7, 11) is 0. The molecule has 1 rings (SSSR count). The van der Waals surface area contributed by atoms with E-state index in [2.05, 4.69) is 0 Å². The monoisotopic (exact) mass is 245 g/mol. The van der Waals surface area contributed by atoms with Crippen molar-refractivity contribution in [3.05, 3.63) is 35.4 Å². The first kappa shape index (κ1) is 14.0. The first-order chi connectivity index (χ1) is 7.95. The minimum atomic E-state index is -0.696. The predicted octanol–water partition coefficient (Wildman–Crippen LogP) is 1.75. The van der Waals surface area contributed by atoms with Gasteiger partial charge in [-0.05, 0) is 19.9 Å². The minimum absolute atomic E-state index is 0.0552. The first-order valence-corrected chi connectivity index (χ1v) is 5.44. The second-order valence-corrected chi connectivity index (χ2v) is 3.97. The van der Waals surface area contributed by atoms with Crippen molar-refractivity contribution in [3.8, 4) is 0 Å². The third-order valence-electron chi connectivity index (χ3n) is 2.58. The zero-order valence-electron chi connectivity index (χ0n) is 9.86. The van der Waals surface area contributed by atoms with Crippen molar-refractivity contribution in [2.24, 2.45) is 5.73 Å². The smallest absolute Gasteiger partial charge is 0.131 e. The number of ether oxygens (including phenoxy) is 1. The second-order valence-electron chi connectivity index (χ2n) is 3.97. The summed E-state index contributed by atoms with van der Waals surface area (Å²) in [6, 6.07) is 3.24. The molecule has 0 aliphatic carbocycles. The van der Waals surface area contributed by atoms with E-state index in [0.717, 1.165) is 12.1 Å². The summed E-state index contributed by atoms with van der Waals surface area (Å²) in [6.07, 6.45) is -1.86. The standard InChI is InChI=1S/C12H17F2NO2/c1-7(16)8(2)17-12(6-15)10-4-3-9(13)5-11(10)14/h3-5,7-8,12,16H,6,15H2,1-2H3. The van der Waals surface area contributed by atoms with Gasteiger partial charge in [0.2, 0.25) is 0 Å². The van der Waals surface area contributed by atoms with E-state index >= 15 is 0 Å². The predicted molar refractivity (Wildman–Crippen MR) is 60.4 cm³/mol. The molecule has 0 radical (unpaired) electrons. The third-order valence-corrected chi connectivity index (χ3v) is 2.58. The van der Waals surface area contributed by atoms with E-state index in [1.807, 2.05) is 0 Å². The van der Waals surface area contributed by atoms with Gasteiger partial charge in [0.05, 0.1) is 18.3 Å². The van der Waals surface area contributed by atoms with Crippen LogP contribution in [0.3, 0.4) is 0 Å². The lowest BCUT2D eigenvalue weighted by molar-refractivity contribution is -0.0602. The van der Waals surface area contributed by atoms with Gasteiger partial charge in [0.25, 0.3) is 0 Å². The van der Waals surface area contributed by atoms with Crippen LogP contribution in [0, 0.1) is 11.6 Å². The number of hydrogen-bond donors (Lipinski definition) is 2. The number of hydrogen-bond acceptors (Lipinski definition) is 3. The lowest BCUT2D eigenvalue weighted by Crippen LogP contribution is -2.28. The number of halogens is 2. The first-order valence-electron chi connectivity index (χ1n) is 5.44. The van der Waals surface area contributed by atoms with Crippen LogP contribution in [0.15, 0.2) is 18.2 Å². The minimum Gasteiger partial charge on any atom is -0.391 e. The Hall–Kier alpha value is -1.04. The van der Waals surface area contributed by atoms with E-state index in [1.54, 1.807) is 13.8 Å². The van der Waals surface area contributed by atoms with Crippen LogP contribution in [0.5, 0.6) is 0 Å². The summed E-state index contributed by atoms with van der Waals surface area (Å²) >= 11 is 0. The van der Waals surface area contributed by atoms with Gasteiger partial charge in [0, 0.05) is 18.2 Å². The SMILES string of the molecule is CC(O)C(C)OC(CN)c1ccc(F)cc1F. The van der Waals surface area contributed by atoms with Crippen LogP contribution in [-0.2, 0) is 4.74 Å². The van der Waals surface area contributed by atoms with Gasteiger partial charge < -0.3 is 15.6 Å². The van der Waals surface area contributed by atoms with Gasteiger partial charge in [-0.1, -0.05) is 6.07 Å². The molecule has 3 nitrogen and oxygen atoms in total. The average molecular weight is 245 g/mol. The lowest BCUT2D eigenvalue weighted by atomic mass is 10.1. The molecule has 3 unspecified atom stereocenters. The van der Waals surface area contributed by atoms with E-state index in [-0.39, 0.29) is 12.1 Å². The Morgan fingerprint density at radius 2 is 2.00 bits per heavy atom. The molecule has 0 saturated heterocycles. The molecular weight excluding hydrogens is 228 g/mol. The van der Waals surface area contributed by atoms with Gasteiger partial charge in [0.1, 0.15) is 11.6 Å². The van der Waals surface area contributed by atoms with E-state index in [9.17, 15) is 13.9 Å². The van der Waals surface area contributed by atoms with Crippen LogP contribution in [0.4, 0.5) is 8.78 Å². The molecule has 5 heteroatoms. The number of aliphatic hydroxyl groups is 1.